The minimum absolute atomic E-state index is 0.0507. The summed E-state index contributed by atoms with van der Waals surface area (Å²) in [6, 6.07) is 0.0794. The van der Waals surface area contributed by atoms with Gasteiger partial charge in [0.2, 0.25) is 11.9 Å². The van der Waals surface area contributed by atoms with Crippen LogP contribution in [0.25, 0.3) is 0 Å². The standard InChI is InChI=1S/C10H16F3N5O/c1-3-6-19-9-17-7(14-2)16-8(18-9)15-5-4-10(11,12)13/h3-6H2,1-2H3,(H2,14,15,16,17,18). The van der Waals surface area contributed by atoms with Crippen LogP contribution in [-0.2, 0) is 0 Å². The number of ether oxygens (including phenoxy) is 1. The molecule has 19 heavy (non-hydrogen) atoms. The van der Waals surface area contributed by atoms with Crippen LogP contribution in [0.15, 0.2) is 0 Å². The van der Waals surface area contributed by atoms with E-state index in [1.807, 2.05) is 6.92 Å². The molecule has 0 bridgehead atoms. The van der Waals surface area contributed by atoms with E-state index in [4.69, 9.17) is 4.74 Å². The van der Waals surface area contributed by atoms with E-state index in [1.54, 1.807) is 7.05 Å². The van der Waals surface area contributed by atoms with Crippen molar-refractivity contribution >= 4 is 11.9 Å². The molecule has 9 heteroatoms. The highest BCUT2D eigenvalue weighted by atomic mass is 19.4. The van der Waals surface area contributed by atoms with Crippen LogP contribution in [0.5, 0.6) is 6.01 Å². The zero-order chi connectivity index (χ0) is 14.3. The molecule has 0 spiro atoms. The molecule has 0 saturated heterocycles. The topological polar surface area (TPSA) is 72.0 Å². The van der Waals surface area contributed by atoms with Crippen LogP contribution in [0, 0.1) is 0 Å². The zero-order valence-corrected chi connectivity index (χ0v) is 10.7. The fraction of sp³-hybridized carbons (Fsp3) is 0.700. The monoisotopic (exact) mass is 279 g/mol. The van der Waals surface area contributed by atoms with Crippen LogP contribution in [0.4, 0.5) is 25.1 Å². The van der Waals surface area contributed by atoms with Gasteiger partial charge in [0.1, 0.15) is 0 Å². The Hall–Kier alpha value is -1.80. The van der Waals surface area contributed by atoms with E-state index in [2.05, 4.69) is 25.6 Å². The molecule has 108 valence electrons. The van der Waals surface area contributed by atoms with Crippen LogP contribution in [-0.4, -0.2) is 41.3 Å². The van der Waals surface area contributed by atoms with Gasteiger partial charge in [-0.15, -0.1) is 0 Å². The fourth-order valence-electron chi connectivity index (χ4n) is 1.12. The second-order valence-corrected chi connectivity index (χ2v) is 3.66. The maximum absolute atomic E-state index is 12.0. The molecule has 0 atom stereocenters. The third kappa shape index (κ3) is 6.07. The Balaban J connectivity index is 2.65. The molecule has 0 fully saturated rings. The van der Waals surface area contributed by atoms with E-state index < -0.39 is 12.6 Å². The van der Waals surface area contributed by atoms with Crippen LogP contribution >= 0.6 is 0 Å². The molecule has 0 aliphatic carbocycles. The zero-order valence-electron chi connectivity index (χ0n) is 10.7. The molecule has 0 unspecified atom stereocenters. The Morgan fingerprint density at radius 2 is 1.84 bits per heavy atom. The SMILES string of the molecule is CCCOc1nc(NC)nc(NCCC(F)(F)F)n1. The molecular formula is C10H16F3N5O. The molecule has 0 amide bonds. The first-order valence-electron chi connectivity index (χ1n) is 5.82. The second-order valence-electron chi connectivity index (χ2n) is 3.66. The van der Waals surface area contributed by atoms with E-state index in [0.717, 1.165) is 6.42 Å². The smallest absolute Gasteiger partial charge is 0.390 e. The lowest BCUT2D eigenvalue weighted by molar-refractivity contribution is -0.131. The molecule has 1 rings (SSSR count). The number of hydrogen-bond acceptors (Lipinski definition) is 6. The second kappa shape index (κ2) is 6.95. The number of rotatable bonds is 7. The third-order valence-electron chi connectivity index (χ3n) is 1.97. The highest BCUT2D eigenvalue weighted by Gasteiger charge is 2.26. The van der Waals surface area contributed by atoms with Crippen LogP contribution in [0.1, 0.15) is 19.8 Å². The van der Waals surface area contributed by atoms with Gasteiger partial charge < -0.3 is 15.4 Å². The summed E-state index contributed by atoms with van der Waals surface area (Å²) in [5.74, 6) is 0.283. The van der Waals surface area contributed by atoms with Crippen LogP contribution < -0.4 is 15.4 Å². The van der Waals surface area contributed by atoms with E-state index in [9.17, 15) is 13.2 Å². The first-order valence-corrected chi connectivity index (χ1v) is 5.82. The lowest BCUT2D eigenvalue weighted by atomic mass is 10.4. The molecule has 6 nitrogen and oxygen atoms in total. The van der Waals surface area contributed by atoms with Gasteiger partial charge in [-0.25, -0.2) is 0 Å². The summed E-state index contributed by atoms with van der Waals surface area (Å²) < 4.78 is 41.3. The molecule has 1 heterocycles. The lowest BCUT2D eigenvalue weighted by Gasteiger charge is -2.10. The van der Waals surface area contributed by atoms with Gasteiger partial charge in [0.25, 0.3) is 0 Å². The van der Waals surface area contributed by atoms with Crippen molar-refractivity contribution in [2.24, 2.45) is 0 Å². The average Bonchev–Trinajstić information content (AvgIpc) is 2.34. The predicted molar refractivity (Wildman–Crippen MR) is 64.3 cm³/mol. The summed E-state index contributed by atoms with van der Waals surface area (Å²) in [4.78, 5) is 11.7. The number of nitrogens with one attached hydrogen (secondary N) is 2. The summed E-state index contributed by atoms with van der Waals surface area (Å²) in [5, 5.41) is 5.18. The summed E-state index contributed by atoms with van der Waals surface area (Å²) in [6.45, 7) is 2.04. The molecular weight excluding hydrogens is 263 g/mol. The van der Waals surface area contributed by atoms with Gasteiger partial charge in [0.05, 0.1) is 13.0 Å². The van der Waals surface area contributed by atoms with Crippen molar-refractivity contribution in [3.63, 3.8) is 0 Å². The van der Waals surface area contributed by atoms with Crippen molar-refractivity contribution in [2.45, 2.75) is 25.9 Å². The van der Waals surface area contributed by atoms with Crippen molar-refractivity contribution in [1.29, 1.82) is 0 Å². The summed E-state index contributed by atoms with van der Waals surface area (Å²) in [7, 11) is 1.60. The molecule has 0 aliphatic rings. The Kier molecular flexibility index (Phi) is 5.58. The Labute approximate surface area is 108 Å². The van der Waals surface area contributed by atoms with Crippen molar-refractivity contribution in [3.05, 3.63) is 0 Å². The third-order valence-corrected chi connectivity index (χ3v) is 1.97. The quantitative estimate of drug-likeness (QED) is 0.796. The van der Waals surface area contributed by atoms with Crippen LogP contribution in [0.3, 0.4) is 0 Å². The minimum atomic E-state index is -4.21. The first-order chi connectivity index (χ1) is 8.94. The first kappa shape index (κ1) is 15.3. The minimum Gasteiger partial charge on any atom is -0.463 e. The molecule has 0 radical (unpaired) electrons. The normalized spacial score (nSPS) is 11.2. The number of halogens is 3. The Morgan fingerprint density at radius 1 is 1.16 bits per heavy atom. The highest BCUT2D eigenvalue weighted by molar-refractivity contribution is 5.35. The van der Waals surface area contributed by atoms with Crippen molar-refractivity contribution in [2.75, 3.05) is 30.8 Å². The summed E-state index contributed by atoms with van der Waals surface area (Å²) in [6.07, 6.45) is -4.40. The van der Waals surface area contributed by atoms with Crippen molar-refractivity contribution < 1.29 is 17.9 Å². The molecule has 2 N–H and O–H groups in total. The van der Waals surface area contributed by atoms with Gasteiger partial charge in [-0.1, -0.05) is 6.92 Å². The maximum Gasteiger partial charge on any atom is 0.390 e. The fourth-order valence-corrected chi connectivity index (χ4v) is 1.12. The summed E-state index contributed by atoms with van der Waals surface area (Å²) >= 11 is 0. The average molecular weight is 279 g/mol. The van der Waals surface area contributed by atoms with Crippen molar-refractivity contribution in [3.8, 4) is 6.01 Å². The lowest BCUT2D eigenvalue weighted by Crippen LogP contribution is -2.16. The summed E-state index contributed by atoms with van der Waals surface area (Å²) in [5.41, 5.74) is 0. The predicted octanol–water partition coefficient (Wildman–Crippen LogP) is 2.07. The number of nitrogens with zero attached hydrogens (tertiary/aromatic N) is 3. The Morgan fingerprint density at radius 3 is 2.42 bits per heavy atom. The maximum atomic E-state index is 12.0. The van der Waals surface area contributed by atoms with Gasteiger partial charge >= 0.3 is 12.2 Å². The molecule has 0 saturated carbocycles. The van der Waals surface area contributed by atoms with Gasteiger partial charge in [-0.2, -0.15) is 28.1 Å². The van der Waals surface area contributed by atoms with Gasteiger partial charge in [0.15, 0.2) is 0 Å². The highest BCUT2D eigenvalue weighted by Crippen LogP contribution is 2.19. The molecule has 0 aromatic carbocycles. The largest absolute Gasteiger partial charge is 0.463 e. The van der Waals surface area contributed by atoms with Gasteiger partial charge in [-0.3, -0.25) is 0 Å². The van der Waals surface area contributed by atoms with Crippen molar-refractivity contribution in [1.82, 2.24) is 15.0 Å². The Bertz CT molecular complexity index is 399. The number of hydrogen-bond donors (Lipinski definition) is 2. The van der Waals surface area contributed by atoms with E-state index in [-0.39, 0.29) is 24.5 Å². The molecule has 1 aromatic heterocycles. The number of anilines is 2. The van der Waals surface area contributed by atoms with Gasteiger partial charge in [0, 0.05) is 13.6 Å². The van der Waals surface area contributed by atoms with Crippen LogP contribution in [0.2, 0.25) is 0 Å². The number of alkyl halides is 3. The van der Waals surface area contributed by atoms with Gasteiger partial charge in [-0.05, 0) is 6.42 Å². The molecule has 1 aromatic rings. The van der Waals surface area contributed by atoms with E-state index in [1.165, 1.54) is 0 Å². The number of aromatic nitrogens is 3. The van der Waals surface area contributed by atoms with E-state index >= 15 is 0 Å². The molecule has 0 aliphatic heterocycles. The van der Waals surface area contributed by atoms with E-state index in [0.29, 0.717) is 6.61 Å².